The molecule has 19 heavy (non-hydrogen) atoms. The van der Waals surface area contributed by atoms with Crippen LogP contribution in [0, 0.1) is 11.3 Å². The SMILES string of the molecule is CCC1CCNC(C(=O)N[C@H](C(=O)O)C(C)(C)C)C1. The summed E-state index contributed by atoms with van der Waals surface area (Å²) in [5.41, 5.74) is -0.500. The molecule has 0 aliphatic carbocycles. The van der Waals surface area contributed by atoms with E-state index in [-0.39, 0.29) is 11.9 Å². The Bertz CT molecular complexity index is 336. The highest BCUT2D eigenvalue weighted by atomic mass is 16.4. The first-order valence-corrected chi connectivity index (χ1v) is 7.02. The van der Waals surface area contributed by atoms with E-state index >= 15 is 0 Å². The van der Waals surface area contributed by atoms with E-state index < -0.39 is 17.4 Å². The smallest absolute Gasteiger partial charge is 0.326 e. The molecule has 0 spiro atoms. The van der Waals surface area contributed by atoms with Crippen molar-refractivity contribution in [1.29, 1.82) is 0 Å². The summed E-state index contributed by atoms with van der Waals surface area (Å²) in [5.74, 6) is -0.626. The van der Waals surface area contributed by atoms with Crippen molar-refractivity contribution in [2.45, 2.75) is 59.0 Å². The molecule has 5 heteroatoms. The molecule has 1 aliphatic heterocycles. The van der Waals surface area contributed by atoms with Crippen LogP contribution in [-0.4, -0.2) is 35.6 Å². The summed E-state index contributed by atoms with van der Waals surface area (Å²) in [7, 11) is 0. The molecule has 0 aromatic carbocycles. The highest BCUT2D eigenvalue weighted by Gasteiger charge is 2.35. The van der Waals surface area contributed by atoms with Gasteiger partial charge in [0.05, 0.1) is 6.04 Å². The third kappa shape index (κ3) is 4.49. The predicted octanol–water partition coefficient (Wildman–Crippen LogP) is 1.38. The van der Waals surface area contributed by atoms with Crippen LogP contribution in [0.4, 0.5) is 0 Å². The molecule has 1 aliphatic rings. The van der Waals surface area contributed by atoms with Gasteiger partial charge in [-0.2, -0.15) is 0 Å². The zero-order valence-corrected chi connectivity index (χ0v) is 12.3. The first-order chi connectivity index (χ1) is 8.75. The molecule has 0 bridgehead atoms. The van der Waals surface area contributed by atoms with E-state index in [0.29, 0.717) is 5.92 Å². The number of carboxylic acid groups (broad SMARTS) is 1. The molecule has 5 nitrogen and oxygen atoms in total. The van der Waals surface area contributed by atoms with Crippen LogP contribution >= 0.6 is 0 Å². The van der Waals surface area contributed by atoms with Gasteiger partial charge in [-0.1, -0.05) is 34.1 Å². The Morgan fingerprint density at radius 3 is 2.53 bits per heavy atom. The first-order valence-electron chi connectivity index (χ1n) is 7.02. The van der Waals surface area contributed by atoms with Gasteiger partial charge in [-0.05, 0) is 30.7 Å². The van der Waals surface area contributed by atoms with Crippen molar-refractivity contribution in [3.63, 3.8) is 0 Å². The largest absolute Gasteiger partial charge is 0.480 e. The molecule has 110 valence electrons. The van der Waals surface area contributed by atoms with Gasteiger partial charge in [-0.15, -0.1) is 0 Å². The Kier molecular flexibility index (Phi) is 5.35. The van der Waals surface area contributed by atoms with Crippen molar-refractivity contribution in [2.75, 3.05) is 6.54 Å². The number of carbonyl (C=O) groups is 2. The predicted molar refractivity (Wildman–Crippen MR) is 73.8 cm³/mol. The standard InChI is InChI=1S/C14H26N2O3/c1-5-9-6-7-15-10(8-9)12(17)16-11(13(18)19)14(2,3)4/h9-11,15H,5-8H2,1-4H3,(H,16,17)(H,18,19)/t9?,10?,11-/m1/s1. The highest BCUT2D eigenvalue weighted by molar-refractivity contribution is 5.87. The molecule has 0 saturated carbocycles. The molecule has 1 saturated heterocycles. The van der Waals surface area contributed by atoms with Crippen LogP contribution in [0.1, 0.15) is 47.0 Å². The normalized spacial score (nSPS) is 25.7. The average molecular weight is 270 g/mol. The molecule has 0 aromatic heterocycles. The molecule has 2 unspecified atom stereocenters. The Morgan fingerprint density at radius 1 is 1.42 bits per heavy atom. The van der Waals surface area contributed by atoms with Crippen molar-refractivity contribution in [1.82, 2.24) is 10.6 Å². The Balaban J connectivity index is 2.64. The van der Waals surface area contributed by atoms with Crippen LogP contribution < -0.4 is 10.6 Å². The molecular weight excluding hydrogens is 244 g/mol. The fourth-order valence-corrected chi connectivity index (χ4v) is 2.46. The number of hydrogen-bond acceptors (Lipinski definition) is 3. The fourth-order valence-electron chi connectivity index (χ4n) is 2.46. The van der Waals surface area contributed by atoms with Crippen LogP contribution in [0.15, 0.2) is 0 Å². The number of aliphatic carboxylic acids is 1. The van der Waals surface area contributed by atoms with Gasteiger partial charge in [0.15, 0.2) is 0 Å². The van der Waals surface area contributed by atoms with Gasteiger partial charge in [0.2, 0.25) is 5.91 Å². The summed E-state index contributed by atoms with van der Waals surface area (Å²) in [6, 6.07) is -1.12. The van der Waals surface area contributed by atoms with Crippen LogP contribution in [0.3, 0.4) is 0 Å². The van der Waals surface area contributed by atoms with E-state index in [9.17, 15) is 14.7 Å². The molecule has 1 rings (SSSR count). The second-order valence-electron chi connectivity index (χ2n) is 6.45. The van der Waals surface area contributed by atoms with Crippen molar-refractivity contribution in [2.24, 2.45) is 11.3 Å². The lowest BCUT2D eigenvalue weighted by molar-refractivity contribution is -0.145. The summed E-state index contributed by atoms with van der Waals surface area (Å²) in [6.07, 6.45) is 2.94. The summed E-state index contributed by atoms with van der Waals surface area (Å²) in [4.78, 5) is 23.4. The minimum Gasteiger partial charge on any atom is -0.480 e. The van der Waals surface area contributed by atoms with E-state index in [1.807, 2.05) is 20.8 Å². The zero-order valence-electron chi connectivity index (χ0n) is 12.3. The Morgan fingerprint density at radius 2 is 2.05 bits per heavy atom. The zero-order chi connectivity index (χ0) is 14.6. The first kappa shape index (κ1) is 16.0. The third-order valence-corrected chi connectivity index (χ3v) is 3.81. The van der Waals surface area contributed by atoms with Gasteiger partial charge in [0.1, 0.15) is 6.04 Å². The average Bonchev–Trinajstić information content (AvgIpc) is 2.33. The quantitative estimate of drug-likeness (QED) is 0.721. The number of carbonyl (C=O) groups excluding carboxylic acids is 1. The maximum Gasteiger partial charge on any atom is 0.326 e. The van der Waals surface area contributed by atoms with Crippen LogP contribution in [0.5, 0.6) is 0 Å². The summed E-state index contributed by atoms with van der Waals surface area (Å²) in [5, 5.41) is 15.1. The van der Waals surface area contributed by atoms with Crippen molar-refractivity contribution >= 4 is 11.9 Å². The molecule has 0 radical (unpaired) electrons. The molecule has 1 heterocycles. The van der Waals surface area contributed by atoms with Gasteiger partial charge < -0.3 is 15.7 Å². The molecule has 1 fully saturated rings. The van der Waals surface area contributed by atoms with Crippen molar-refractivity contribution < 1.29 is 14.7 Å². The molecule has 1 amide bonds. The lowest BCUT2D eigenvalue weighted by Gasteiger charge is -2.32. The Labute approximate surface area is 115 Å². The second-order valence-corrected chi connectivity index (χ2v) is 6.45. The molecule has 3 atom stereocenters. The number of amides is 1. The third-order valence-electron chi connectivity index (χ3n) is 3.81. The number of rotatable bonds is 4. The lowest BCUT2D eigenvalue weighted by Crippen LogP contribution is -2.56. The van der Waals surface area contributed by atoms with Gasteiger partial charge in [-0.25, -0.2) is 4.79 Å². The minimum absolute atomic E-state index is 0.194. The van der Waals surface area contributed by atoms with Crippen LogP contribution in [0.2, 0.25) is 0 Å². The van der Waals surface area contributed by atoms with Crippen molar-refractivity contribution in [3.8, 4) is 0 Å². The molecular formula is C14H26N2O3. The van der Waals surface area contributed by atoms with E-state index in [1.165, 1.54) is 0 Å². The lowest BCUT2D eigenvalue weighted by atomic mass is 9.85. The highest BCUT2D eigenvalue weighted by Crippen LogP contribution is 2.22. The number of nitrogens with one attached hydrogen (secondary N) is 2. The van der Waals surface area contributed by atoms with Gasteiger partial charge in [-0.3, -0.25) is 4.79 Å². The molecule has 0 aromatic rings. The monoisotopic (exact) mass is 270 g/mol. The topological polar surface area (TPSA) is 78.4 Å². The minimum atomic E-state index is -0.983. The second kappa shape index (κ2) is 6.37. The summed E-state index contributed by atoms with van der Waals surface area (Å²) in [6.45, 7) is 8.39. The number of piperidine rings is 1. The summed E-state index contributed by atoms with van der Waals surface area (Å²) < 4.78 is 0. The molecule has 3 N–H and O–H groups in total. The Hall–Kier alpha value is -1.10. The van der Waals surface area contributed by atoms with Gasteiger partial charge in [0, 0.05) is 0 Å². The van der Waals surface area contributed by atoms with E-state index in [4.69, 9.17) is 0 Å². The van der Waals surface area contributed by atoms with Crippen LogP contribution in [-0.2, 0) is 9.59 Å². The van der Waals surface area contributed by atoms with Gasteiger partial charge >= 0.3 is 5.97 Å². The van der Waals surface area contributed by atoms with Crippen LogP contribution in [0.25, 0.3) is 0 Å². The van der Waals surface area contributed by atoms with E-state index in [2.05, 4.69) is 17.6 Å². The van der Waals surface area contributed by atoms with Gasteiger partial charge in [0.25, 0.3) is 0 Å². The number of carboxylic acids is 1. The van der Waals surface area contributed by atoms with Crippen molar-refractivity contribution in [3.05, 3.63) is 0 Å². The maximum absolute atomic E-state index is 12.2. The number of hydrogen-bond donors (Lipinski definition) is 3. The van der Waals surface area contributed by atoms with E-state index in [1.54, 1.807) is 0 Å². The fraction of sp³-hybridized carbons (Fsp3) is 0.857. The maximum atomic E-state index is 12.2. The summed E-state index contributed by atoms with van der Waals surface area (Å²) >= 11 is 0. The van der Waals surface area contributed by atoms with E-state index in [0.717, 1.165) is 25.8 Å².